The molecule has 3 rings (SSSR count). The molecule has 152 valence electrons. The van der Waals surface area contributed by atoms with Crippen molar-refractivity contribution in [3.8, 4) is 5.69 Å². The molecule has 1 amide bonds. The zero-order valence-corrected chi connectivity index (χ0v) is 17.8. The lowest BCUT2D eigenvalue weighted by atomic mass is 10.1. The third-order valence-electron chi connectivity index (χ3n) is 4.72. The van der Waals surface area contributed by atoms with Crippen LogP contribution in [0.2, 0.25) is 0 Å². The molecule has 3 N–H and O–H groups in total. The number of benzene rings is 2. The monoisotopic (exact) mass is 411 g/mol. The van der Waals surface area contributed by atoms with Gasteiger partial charge in [0.2, 0.25) is 10.0 Å². The first-order chi connectivity index (χ1) is 13.5. The van der Waals surface area contributed by atoms with Gasteiger partial charge in [-0.2, -0.15) is 0 Å². The van der Waals surface area contributed by atoms with Crippen molar-refractivity contribution < 1.29 is 13.2 Å². The van der Waals surface area contributed by atoms with Gasteiger partial charge in [0.1, 0.15) is 0 Å². The van der Waals surface area contributed by atoms with Gasteiger partial charge in [-0.1, -0.05) is 18.2 Å². The highest BCUT2D eigenvalue weighted by Gasteiger charge is 2.17. The Morgan fingerprint density at radius 2 is 1.55 bits per heavy atom. The Morgan fingerprint density at radius 1 is 0.966 bits per heavy atom. The number of anilines is 1. The molecule has 0 atom stereocenters. The summed E-state index contributed by atoms with van der Waals surface area (Å²) in [7, 11) is -3.59. The van der Waals surface area contributed by atoms with Crippen LogP contribution in [-0.2, 0) is 15.8 Å². The Labute approximate surface area is 171 Å². The van der Waals surface area contributed by atoms with E-state index in [-0.39, 0.29) is 11.7 Å². The smallest absolute Gasteiger partial charge is 0.257 e. The molecule has 1 heterocycles. The van der Waals surface area contributed by atoms with E-state index in [1.54, 1.807) is 24.3 Å². The van der Waals surface area contributed by atoms with Gasteiger partial charge in [-0.3, -0.25) is 4.79 Å². The molecule has 3 aromatic rings. The molecule has 2 aromatic carbocycles. The molecule has 1 aromatic heterocycles. The Balaban J connectivity index is 1.85. The number of nitrogens with zero attached hydrogens (tertiary/aromatic N) is 1. The van der Waals surface area contributed by atoms with Crippen molar-refractivity contribution in [2.24, 2.45) is 5.14 Å². The molecule has 0 saturated heterocycles. The van der Waals surface area contributed by atoms with Crippen LogP contribution in [0.15, 0.2) is 48.5 Å². The van der Waals surface area contributed by atoms with Crippen LogP contribution < -0.4 is 10.5 Å². The first-order valence-electron chi connectivity index (χ1n) is 9.22. The molecule has 6 nitrogen and oxygen atoms in total. The number of hydrogen-bond acceptors (Lipinski definition) is 3. The summed E-state index contributed by atoms with van der Waals surface area (Å²) in [5.74, 6) is -0.453. The number of primary sulfonamides is 1. The fraction of sp³-hybridized carbons (Fsp3) is 0.227. The number of nitrogens with two attached hydrogens (primary N) is 1. The predicted molar refractivity (Wildman–Crippen MR) is 116 cm³/mol. The van der Waals surface area contributed by atoms with Crippen molar-refractivity contribution in [1.82, 2.24) is 4.57 Å². The van der Waals surface area contributed by atoms with Crippen LogP contribution in [0, 0.1) is 27.7 Å². The Kier molecular flexibility index (Phi) is 5.64. The van der Waals surface area contributed by atoms with E-state index in [4.69, 9.17) is 5.14 Å². The fourth-order valence-electron chi connectivity index (χ4n) is 3.58. The summed E-state index contributed by atoms with van der Waals surface area (Å²) in [6.07, 6.45) is 0. The molecule has 0 aliphatic heterocycles. The van der Waals surface area contributed by atoms with E-state index in [0.717, 1.165) is 28.2 Å². The second kappa shape index (κ2) is 7.85. The van der Waals surface area contributed by atoms with Crippen LogP contribution in [0.25, 0.3) is 5.69 Å². The predicted octanol–water partition coefficient (Wildman–Crippen LogP) is 3.75. The molecule has 7 heteroatoms. The molecule has 0 aliphatic carbocycles. The molecule has 0 saturated carbocycles. The zero-order valence-electron chi connectivity index (χ0n) is 17.0. The van der Waals surface area contributed by atoms with E-state index in [1.165, 1.54) is 0 Å². The van der Waals surface area contributed by atoms with Crippen molar-refractivity contribution in [2.75, 3.05) is 5.32 Å². The van der Waals surface area contributed by atoms with Crippen molar-refractivity contribution in [1.29, 1.82) is 0 Å². The van der Waals surface area contributed by atoms with Crippen LogP contribution >= 0.6 is 0 Å². The summed E-state index contributed by atoms with van der Waals surface area (Å²) in [6, 6.07) is 14.8. The fourth-order valence-corrected chi connectivity index (χ4v) is 4.24. The minimum absolute atomic E-state index is 0.215. The third-order valence-corrected chi connectivity index (χ3v) is 5.46. The number of carbonyl (C=O) groups is 1. The summed E-state index contributed by atoms with van der Waals surface area (Å²) in [5, 5.41) is 7.93. The number of sulfonamides is 1. The van der Waals surface area contributed by atoms with Crippen molar-refractivity contribution in [3.05, 3.63) is 82.2 Å². The van der Waals surface area contributed by atoms with Gasteiger partial charge in [0.15, 0.2) is 0 Å². The van der Waals surface area contributed by atoms with E-state index in [0.29, 0.717) is 16.8 Å². The minimum atomic E-state index is -3.59. The first-order valence-corrected chi connectivity index (χ1v) is 10.9. The lowest BCUT2D eigenvalue weighted by Crippen LogP contribution is -2.15. The number of aryl methyl sites for hydroxylation is 3. The van der Waals surface area contributed by atoms with Crippen LogP contribution in [-0.4, -0.2) is 18.9 Å². The maximum Gasteiger partial charge on any atom is 0.257 e. The topological polar surface area (TPSA) is 94.2 Å². The van der Waals surface area contributed by atoms with E-state index in [1.807, 2.05) is 19.9 Å². The molecule has 0 unspecified atom stereocenters. The summed E-state index contributed by atoms with van der Waals surface area (Å²) in [4.78, 5) is 12.8. The maximum absolute atomic E-state index is 12.8. The summed E-state index contributed by atoms with van der Waals surface area (Å²) in [5.41, 5.74) is 6.94. The summed E-state index contributed by atoms with van der Waals surface area (Å²) < 4.78 is 24.4. The minimum Gasteiger partial charge on any atom is -0.322 e. The lowest BCUT2D eigenvalue weighted by Gasteiger charge is -2.12. The highest BCUT2D eigenvalue weighted by Crippen LogP contribution is 2.24. The van der Waals surface area contributed by atoms with E-state index < -0.39 is 10.0 Å². The van der Waals surface area contributed by atoms with Gasteiger partial charge in [0.25, 0.3) is 5.91 Å². The van der Waals surface area contributed by atoms with Crippen molar-refractivity contribution in [3.63, 3.8) is 0 Å². The van der Waals surface area contributed by atoms with Gasteiger partial charge >= 0.3 is 0 Å². The molecule has 0 radical (unpaired) electrons. The molecule has 0 bridgehead atoms. The van der Waals surface area contributed by atoms with Crippen LogP contribution in [0.1, 0.15) is 38.4 Å². The molecule has 0 fully saturated rings. The number of nitrogens with one attached hydrogen (secondary N) is 1. The Hall–Kier alpha value is -2.90. The molecule has 29 heavy (non-hydrogen) atoms. The van der Waals surface area contributed by atoms with Crippen LogP contribution in [0.3, 0.4) is 0 Å². The molecular formula is C22H25N3O3S. The number of aromatic nitrogens is 1. The SMILES string of the molecule is Cc1cc(C)cc(-n2c(C)cc(C(=O)Nc3ccc(CS(N)(=O)=O)cc3)c2C)c1. The van der Waals surface area contributed by atoms with Crippen LogP contribution in [0.5, 0.6) is 0 Å². The highest BCUT2D eigenvalue weighted by atomic mass is 32.2. The van der Waals surface area contributed by atoms with Crippen molar-refractivity contribution in [2.45, 2.75) is 33.4 Å². The van der Waals surface area contributed by atoms with Crippen LogP contribution in [0.4, 0.5) is 5.69 Å². The van der Waals surface area contributed by atoms with Gasteiger partial charge in [0, 0.05) is 22.8 Å². The number of carbonyl (C=O) groups excluding carboxylic acids is 1. The van der Waals surface area contributed by atoms with Gasteiger partial charge in [-0.25, -0.2) is 13.6 Å². The summed E-state index contributed by atoms with van der Waals surface area (Å²) >= 11 is 0. The zero-order chi connectivity index (χ0) is 21.3. The number of rotatable bonds is 5. The molecular weight excluding hydrogens is 386 g/mol. The largest absolute Gasteiger partial charge is 0.322 e. The molecule has 0 aliphatic rings. The van der Waals surface area contributed by atoms with E-state index in [2.05, 4.69) is 41.9 Å². The quantitative estimate of drug-likeness (QED) is 0.669. The van der Waals surface area contributed by atoms with Gasteiger partial charge < -0.3 is 9.88 Å². The normalized spacial score (nSPS) is 11.5. The third kappa shape index (κ3) is 4.93. The number of amides is 1. The summed E-state index contributed by atoms with van der Waals surface area (Å²) in [6.45, 7) is 8.01. The average molecular weight is 412 g/mol. The molecule has 0 spiro atoms. The average Bonchev–Trinajstić information content (AvgIpc) is 2.89. The van der Waals surface area contributed by atoms with E-state index in [9.17, 15) is 13.2 Å². The lowest BCUT2D eigenvalue weighted by molar-refractivity contribution is 0.102. The van der Waals surface area contributed by atoms with Crippen molar-refractivity contribution >= 4 is 21.6 Å². The highest BCUT2D eigenvalue weighted by molar-refractivity contribution is 7.88. The van der Waals surface area contributed by atoms with Gasteiger partial charge in [-0.05, 0) is 74.7 Å². The van der Waals surface area contributed by atoms with E-state index >= 15 is 0 Å². The van der Waals surface area contributed by atoms with Gasteiger partial charge in [0.05, 0.1) is 11.3 Å². The second-order valence-corrected chi connectivity index (χ2v) is 9.04. The maximum atomic E-state index is 12.8. The van der Waals surface area contributed by atoms with Gasteiger partial charge in [-0.15, -0.1) is 0 Å². The second-order valence-electron chi connectivity index (χ2n) is 7.42. The standard InChI is InChI=1S/C22H25N3O3S/c1-14-9-15(2)11-20(10-14)25-16(3)12-21(17(25)4)22(26)24-19-7-5-18(6-8-19)13-29(23,27)28/h5-12H,13H2,1-4H3,(H,24,26)(H2,23,27,28). The Bertz CT molecular complexity index is 1160. The first kappa shape index (κ1) is 20.8. The Morgan fingerprint density at radius 3 is 2.10 bits per heavy atom. The number of hydrogen-bond donors (Lipinski definition) is 2.